The number of nitrogens with zero attached hydrogens (tertiary/aromatic N) is 2. The zero-order valence-electron chi connectivity index (χ0n) is 13.8. The minimum atomic E-state index is -0.373. The average molecular weight is 364 g/mol. The number of methoxy groups -OCH3 is 1. The molecule has 2 aromatic rings. The van der Waals surface area contributed by atoms with Crippen LogP contribution in [-0.4, -0.2) is 35.4 Å². The SMILES string of the molecule is COc1nc(Cl)cc(NCCc2ccc(C(=O)NNC(C)=O)cc2)n1. The molecule has 1 heterocycles. The van der Waals surface area contributed by atoms with E-state index >= 15 is 0 Å². The molecule has 0 aliphatic heterocycles. The van der Waals surface area contributed by atoms with Crippen LogP contribution in [0.2, 0.25) is 5.15 Å². The van der Waals surface area contributed by atoms with Crippen LogP contribution < -0.4 is 20.9 Å². The molecule has 0 bridgehead atoms. The Morgan fingerprint density at radius 2 is 1.88 bits per heavy atom. The number of hydrogen-bond acceptors (Lipinski definition) is 6. The van der Waals surface area contributed by atoms with Crippen LogP contribution in [-0.2, 0) is 11.2 Å². The van der Waals surface area contributed by atoms with Gasteiger partial charge >= 0.3 is 6.01 Å². The van der Waals surface area contributed by atoms with Crippen molar-refractivity contribution in [1.82, 2.24) is 20.8 Å². The summed E-state index contributed by atoms with van der Waals surface area (Å²) in [6.07, 6.45) is 0.720. The topological polar surface area (TPSA) is 105 Å². The van der Waals surface area contributed by atoms with E-state index in [0.29, 0.717) is 23.1 Å². The van der Waals surface area contributed by atoms with Gasteiger partial charge in [-0.15, -0.1) is 0 Å². The van der Waals surface area contributed by atoms with Crippen molar-refractivity contribution >= 4 is 29.2 Å². The maximum atomic E-state index is 11.8. The smallest absolute Gasteiger partial charge is 0.319 e. The van der Waals surface area contributed by atoms with Gasteiger partial charge in [-0.1, -0.05) is 23.7 Å². The minimum absolute atomic E-state index is 0.199. The zero-order chi connectivity index (χ0) is 18.2. The number of anilines is 1. The number of nitrogens with one attached hydrogen (secondary N) is 3. The molecule has 2 rings (SSSR count). The molecule has 3 N–H and O–H groups in total. The van der Waals surface area contributed by atoms with Crippen molar-refractivity contribution in [2.45, 2.75) is 13.3 Å². The second-order valence-electron chi connectivity index (χ2n) is 5.07. The van der Waals surface area contributed by atoms with Crippen LogP contribution in [0.3, 0.4) is 0 Å². The molecule has 0 aliphatic rings. The Labute approximate surface area is 149 Å². The molecule has 0 saturated heterocycles. The third kappa shape index (κ3) is 5.92. The number of carbonyl (C=O) groups is 2. The van der Waals surface area contributed by atoms with Gasteiger partial charge in [0.1, 0.15) is 11.0 Å². The van der Waals surface area contributed by atoms with Gasteiger partial charge in [0.15, 0.2) is 0 Å². The first kappa shape index (κ1) is 18.5. The van der Waals surface area contributed by atoms with Crippen LogP contribution in [0, 0.1) is 0 Å². The van der Waals surface area contributed by atoms with Crippen LogP contribution in [0.4, 0.5) is 5.82 Å². The predicted octanol–water partition coefficient (Wildman–Crippen LogP) is 1.57. The van der Waals surface area contributed by atoms with E-state index < -0.39 is 0 Å². The Kier molecular flexibility index (Phi) is 6.53. The molecule has 1 aromatic carbocycles. The molecule has 0 spiro atoms. The predicted molar refractivity (Wildman–Crippen MR) is 93.5 cm³/mol. The van der Waals surface area contributed by atoms with Crippen molar-refractivity contribution in [3.63, 3.8) is 0 Å². The standard InChI is InChI=1S/C16H18ClN5O3/c1-10(23)21-22-15(24)12-5-3-11(4-6-12)7-8-18-14-9-13(17)19-16(20-14)25-2/h3-6,9H,7-8H2,1-2H3,(H,21,23)(H,22,24)(H,18,19,20). The second kappa shape index (κ2) is 8.84. The van der Waals surface area contributed by atoms with Crippen LogP contribution in [0.1, 0.15) is 22.8 Å². The molecule has 1 aromatic heterocycles. The molecule has 0 fully saturated rings. The van der Waals surface area contributed by atoms with Gasteiger partial charge in [-0.2, -0.15) is 9.97 Å². The van der Waals surface area contributed by atoms with Gasteiger partial charge in [-0.3, -0.25) is 20.4 Å². The van der Waals surface area contributed by atoms with Gasteiger partial charge in [0.2, 0.25) is 5.91 Å². The van der Waals surface area contributed by atoms with Crippen molar-refractivity contribution in [3.05, 3.63) is 46.6 Å². The van der Waals surface area contributed by atoms with Gasteiger partial charge in [-0.25, -0.2) is 0 Å². The van der Waals surface area contributed by atoms with Crippen LogP contribution in [0.25, 0.3) is 0 Å². The fourth-order valence-corrected chi connectivity index (χ4v) is 2.13. The highest BCUT2D eigenvalue weighted by atomic mass is 35.5. The Morgan fingerprint density at radius 3 is 2.52 bits per heavy atom. The van der Waals surface area contributed by atoms with Gasteiger partial charge in [0.25, 0.3) is 5.91 Å². The average Bonchev–Trinajstić information content (AvgIpc) is 2.59. The van der Waals surface area contributed by atoms with E-state index in [4.69, 9.17) is 16.3 Å². The highest BCUT2D eigenvalue weighted by molar-refractivity contribution is 6.29. The Balaban J connectivity index is 1.86. The molecule has 25 heavy (non-hydrogen) atoms. The van der Waals surface area contributed by atoms with E-state index in [0.717, 1.165) is 12.0 Å². The molecule has 9 heteroatoms. The van der Waals surface area contributed by atoms with E-state index in [1.54, 1.807) is 18.2 Å². The lowest BCUT2D eigenvalue weighted by molar-refractivity contribution is -0.119. The first-order valence-electron chi connectivity index (χ1n) is 7.46. The molecule has 0 unspecified atom stereocenters. The summed E-state index contributed by atoms with van der Waals surface area (Å²) in [5, 5.41) is 3.43. The number of carbonyl (C=O) groups excluding carboxylic acids is 2. The molecule has 0 saturated carbocycles. The molecule has 0 atom stereocenters. The highest BCUT2D eigenvalue weighted by Crippen LogP contribution is 2.15. The zero-order valence-corrected chi connectivity index (χ0v) is 14.6. The Morgan fingerprint density at radius 1 is 1.16 bits per heavy atom. The molecule has 0 aliphatic carbocycles. The Hall–Kier alpha value is -2.87. The maximum absolute atomic E-state index is 11.8. The van der Waals surface area contributed by atoms with Crippen molar-refractivity contribution in [2.75, 3.05) is 19.0 Å². The molecule has 2 amide bonds. The number of benzene rings is 1. The van der Waals surface area contributed by atoms with Gasteiger partial charge in [0, 0.05) is 25.1 Å². The van der Waals surface area contributed by atoms with Gasteiger partial charge in [0.05, 0.1) is 7.11 Å². The van der Waals surface area contributed by atoms with Gasteiger partial charge in [-0.05, 0) is 24.1 Å². The largest absolute Gasteiger partial charge is 0.467 e. The summed E-state index contributed by atoms with van der Waals surface area (Å²) in [5.41, 5.74) is 6.05. The van der Waals surface area contributed by atoms with E-state index in [1.807, 2.05) is 12.1 Å². The quantitative estimate of drug-likeness (QED) is 0.531. The van der Waals surface area contributed by atoms with Crippen LogP contribution in [0.5, 0.6) is 6.01 Å². The summed E-state index contributed by atoms with van der Waals surface area (Å²) in [5.74, 6) is -0.136. The molecular formula is C16H18ClN5O3. The Bertz CT molecular complexity index is 752. The monoisotopic (exact) mass is 363 g/mol. The first-order valence-corrected chi connectivity index (χ1v) is 7.84. The van der Waals surface area contributed by atoms with Crippen molar-refractivity contribution < 1.29 is 14.3 Å². The van der Waals surface area contributed by atoms with E-state index in [1.165, 1.54) is 14.0 Å². The molecule has 0 radical (unpaired) electrons. The van der Waals surface area contributed by atoms with E-state index in [-0.39, 0.29) is 17.8 Å². The van der Waals surface area contributed by atoms with Crippen molar-refractivity contribution in [1.29, 1.82) is 0 Å². The third-order valence-corrected chi connectivity index (χ3v) is 3.34. The highest BCUT2D eigenvalue weighted by Gasteiger charge is 2.06. The van der Waals surface area contributed by atoms with Crippen LogP contribution in [0.15, 0.2) is 30.3 Å². The second-order valence-corrected chi connectivity index (χ2v) is 5.46. The van der Waals surface area contributed by atoms with E-state index in [2.05, 4.69) is 26.1 Å². The summed E-state index contributed by atoms with van der Waals surface area (Å²) in [6, 6.07) is 8.88. The first-order chi connectivity index (χ1) is 12.0. The van der Waals surface area contributed by atoms with Crippen molar-refractivity contribution in [2.24, 2.45) is 0 Å². The van der Waals surface area contributed by atoms with Crippen LogP contribution >= 0.6 is 11.6 Å². The fraction of sp³-hybridized carbons (Fsp3) is 0.250. The summed E-state index contributed by atoms with van der Waals surface area (Å²) < 4.78 is 4.96. The minimum Gasteiger partial charge on any atom is -0.467 e. The lowest BCUT2D eigenvalue weighted by Crippen LogP contribution is -2.40. The summed E-state index contributed by atoms with van der Waals surface area (Å²) in [6.45, 7) is 1.94. The van der Waals surface area contributed by atoms with Gasteiger partial charge < -0.3 is 10.1 Å². The number of amides is 2. The maximum Gasteiger partial charge on any atom is 0.319 e. The van der Waals surface area contributed by atoms with Crippen molar-refractivity contribution in [3.8, 4) is 6.01 Å². The number of aromatic nitrogens is 2. The van der Waals surface area contributed by atoms with E-state index in [9.17, 15) is 9.59 Å². The normalized spacial score (nSPS) is 10.0. The molecule has 132 valence electrons. The molecule has 8 nitrogen and oxygen atoms in total. The lowest BCUT2D eigenvalue weighted by atomic mass is 10.1. The number of hydrazine groups is 1. The third-order valence-electron chi connectivity index (χ3n) is 3.14. The fourth-order valence-electron chi connectivity index (χ4n) is 1.95. The lowest BCUT2D eigenvalue weighted by Gasteiger charge is -2.08. The number of ether oxygens (including phenoxy) is 1. The number of halogens is 1. The number of hydrogen-bond donors (Lipinski definition) is 3. The summed E-state index contributed by atoms with van der Waals surface area (Å²) >= 11 is 5.88. The summed E-state index contributed by atoms with van der Waals surface area (Å²) in [7, 11) is 1.47. The molecular weight excluding hydrogens is 346 g/mol. The summed E-state index contributed by atoms with van der Waals surface area (Å²) in [4.78, 5) is 30.6. The number of rotatable bonds is 6.